The van der Waals surface area contributed by atoms with Gasteiger partial charge in [-0.1, -0.05) is 0 Å². The normalized spacial score (nSPS) is 14.9. The summed E-state index contributed by atoms with van der Waals surface area (Å²) in [4.78, 5) is 13.3. The molecule has 0 heterocycles. The van der Waals surface area contributed by atoms with E-state index in [1.807, 2.05) is 19.0 Å². The van der Waals surface area contributed by atoms with E-state index in [-0.39, 0.29) is 12.5 Å². The van der Waals surface area contributed by atoms with Crippen molar-refractivity contribution in [2.45, 2.75) is 25.4 Å². The van der Waals surface area contributed by atoms with Gasteiger partial charge in [-0.3, -0.25) is 4.79 Å². The van der Waals surface area contributed by atoms with Crippen LogP contribution in [0.2, 0.25) is 0 Å². The molecule has 0 saturated heterocycles. The Labute approximate surface area is 97.8 Å². The van der Waals surface area contributed by atoms with E-state index in [0.717, 1.165) is 0 Å². The summed E-state index contributed by atoms with van der Waals surface area (Å²) in [6, 6.07) is 0. The van der Waals surface area contributed by atoms with E-state index in [1.165, 1.54) is 0 Å². The van der Waals surface area contributed by atoms with Gasteiger partial charge in [-0.25, -0.2) is 0 Å². The molecule has 96 valence electrons. The number of nitrogens with zero attached hydrogens (tertiary/aromatic N) is 1. The van der Waals surface area contributed by atoms with Gasteiger partial charge in [0.15, 0.2) is 0 Å². The predicted molar refractivity (Wildman–Crippen MR) is 63.3 cm³/mol. The van der Waals surface area contributed by atoms with E-state index in [4.69, 9.17) is 4.74 Å². The predicted octanol–water partition coefficient (Wildman–Crippen LogP) is -0.158. The lowest BCUT2D eigenvalue weighted by molar-refractivity contribution is -0.122. The van der Waals surface area contributed by atoms with Crippen LogP contribution in [0.4, 0.5) is 0 Å². The molecule has 0 bridgehead atoms. The Morgan fingerprint density at radius 3 is 2.62 bits per heavy atom. The number of aliphatic hydroxyl groups is 1. The highest BCUT2D eigenvalue weighted by atomic mass is 16.5. The standard InChI is InChI=1S/C11H24N2O3/c1-11(15,6-8-16-4)9-12-10(14)5-7-13(2)3/h15H,5-9H2,1-4H3,(H,12,14). The molecule has 0 saturated carbocycles. The average Bonchev–Trinajstić information content (AvgIpc) is 2.21. The molecule has 1 atom stereocenters. The number of hydrogen-bond donors (Lipinski definition) is 2. The molecule has 16 heavy (non-hydrogen) atoms. The Kier molecular flexibility index (Phi) is 7.29. The van der Waals surface area contributed by atoms with Crippen molar-refractivity contribution in [3.63, 3.8) is 0 Å². The smallest absolute Gasteiger partial charge is 0.221 e. The Balaban J connectivity index is 3.72. The zero-order chi connectivity index (χ0) is 12.6. The second kappa shape index (κ2) is 7.60. The van der Waals surface area contributed by atoms with Gasteiger partial charge in [0.25, 0.3) is 0 Å². The average molecular weight is 232 g/mol. The van der Waals surface area contributed by atoms with Crippen LogP contribution in [0, 0.1) is 0 Å². The van der Waals surface area contributed by atoms with E-state index < -0.39 is 5.60 Å². The maximum Gasteiger partial charge on any atom is 0.221 e. The van der Waals surface area contributed by atoms with Crippen LogP contribution in [-0.2, 0) is 9.53 Å². The van der Waals surface area contributed by atoms with Crippen molar-refractivity contribution in [2.75, 3.05) is 40.9 Å². The van der Waals surface area contributed by atoms with Crippen LogP contribution in [-0.4, -0.2) is 62.4 Å². The number of carbonyl (C=O) groups is 1. The van der Waals surface area contributed by atoms with Crippen LogP contribution in [0.1, 0.15) is 19.8 Å². The number of carbonyl (C=O) groups excluding carboxylic acids is 1. The molecule has 2 N–H and O–H groups in total. The van der Waals surface area contributed by atoms with Gasteiger partial charge in [-0.2, -0.15) is 0 Å². The number of ether oxygens (including phenoxy) is 1. The van der Waals surface area contributed by atoms with Crippen LogP contribution in [0.3, 0.4) is 0 Å². The molecule has 0 spiro atoms. The van der Waals surface area contributed by atoms with Crippen LogP contribution in [0.15, 0.2) is 0 Å². The number of nitrogens with one attached hydrogen (secondary N) is 1. The van der Waals surface area contributed by atoms with Crippen molar-refractivity contribution in [1.82, 2.24) is 10.2 Å². The van der Waals surface area contributed by atoms with Gasteiger partial charge < -0.3 is 20.1 Å². The van der Waals surface area contributed by atoms with Crippen LogP contribution in [0.25, 0.3) is 0 Å². The Morgan fingerprint density at radius 1 is 1.50 bits per heavy atom. The van der Waals surface area contributed by atoms with Crippen LogP contribution >= 0.6 is 0 Å². The molecule has 0 aromatic rings. The number of hydrogen-bond acceptors (Lipinski definition) is 4. The molecule has 0 fully saturated rings. The topological polar surface area (TPSA) is 61.8 Å². The molecule has 5 nitrogen and oxygen atoms in total. The summed E-state index contributed by atoms with van der Waals surface area (Å²) < 4.78 is 4.88. The first-order chi connectivity index (χ1) is 7.37. The van der Waals surface area contributed by atoms with Gasteiger partial charge >= 0.3 is 0 Å². The molecule has 0 rings (SSSR count). The first kappa shape index (κ1) is 15.3. The minimum Gasteiger partial charge on any atom is -0.388 e. The summed E-state index contributed by atoms with van der Waals surface area (Å²) in [6.45, 7) is 3.16. The SMILES string of the molecule is COCCC(C)(O)CNC(=O)CCN(C)C. The highest BCUT2D eigenvalue weighted by Gasteiger charge is 2.20. The molecule has 1 unspecified atom stereocenters. The number of methoxy groups -OCH3 is 1. The third-order valence-electron chi connectivity index (χ3n) is 2.30. The van der Waals surface area contributed by atoms with Gasteiger partial charge in [-0.15, -0.1) is 0 Å². The monoisotopic (exact) mass is 232 g/mol. The lowest BCUT2D eigenvalue weighted by atomic mass is 10.0. The van der Waals surface area contributed by atoms with Crippen molar-refractivity contribution < 1.29 is 14.6 Å². The van der Waals surface area contributed by atoms with Gasteiger partial charge in [-0.05, 0) is 21.0 Å². The maximum atomic E-state index is 11.4. The van der Waals surface area contributed by atoms with Crippen molar-refractivity contribution in [2.24, 2.45) is 0 Å². The van der Waals surface area contributed by atoms with E-state index in [9.17, 15) is 9.90 Å². The second-order valence-corrected chi connectivity index (χ2v) is 4.57. The molecule has 0 aliphatic rings. The third kappa shape index (κ3) is 8.64. The molecule has 1 amide bonds. The van der Waals surface area contributed by atoms with Crippen molar-refractivity contribution in [1.29, 1.82) is 0 Å². The van der Waals surface area contributed by atoms with Gasteiger partial charge in [0.2, 0.25) is 5.91 Å². The molecular weight excluding hydrogens is 208 g/mol. The summed E-state index contributed by atoms with van der Waals surface area (Å²) in [5.41, 5.74) is -0.899. The van der Waals surface area contributed by atoms with Crippen molar-refractivity contribution >= 4 is 5.91 Å². The summed E-state index contributed by atoms with van der Waals surface area (Å²) in [7, 11) is 5.43. The molecule has 0 aliphatic carbocycles. The highest BCUT2D eigenvalue weighted by molar-refractivity contribution is 5.76. The van der Waals surface area contributed by atoms with E-state index in [1.54, 1.807) is 14.0 Å². The van der Waals surface area contributed by atoms with E-state index in [2.05, 4.69) is 5.32 Å². The molecule has 5 heteroatoms. The lowest BCUT2D eigenvalue weighted by Crippen LogP contribution is -2.41. The van der Waals surface area contributed by atoms with Crippen LogP contribution in [0.5, 0.6) is 0 Å². The maximum absolute atomic E-state index is 11.4. The zero-order valence-electron chi connectivity index (χ0n) is 10.7. The fourth-order valence-electron chi connectivity index (χ4n) is 1.11. The Bertz CT molecular complexity index is 205. The lowest BCUT2D eigenvalue weighted by Gasteiger charge is -2.23. The minimum atomic E-state index is -0.899. The zero-order valence-corrected chi connectivity index (χ0v) is 10.7. The summed E-state index contributed by atoms with van der Waals surface area (Å²) in [5, 5.41) is 12.6. The summed E-state index contributed by atoms with van der Waals surface area (Å²) in [5.74, 6) is -0.0357. The Hall–Kier alpha value is -0.650. The van der Waals surface area contributed by atoms with Crippen molar-refractivity contribution in [3.05, 3.63) is 0 Å². The molecule has 0 radical (unpaired) electrons. The van der Waals surface area contributed by atoms with Gasteiger partial charge in [0.1, 0.15) is 0 Å². The van der Waals surface area contributed by atoms with E-state index >= 15 is 0 Å². The first-order valence-electron chi connectivity index (χ1n) is 5.50. The largest absolute Gasteiger partial charge is 0.388 e. The summed E-state index contributed by atoms with van der Waals surface area (Å²) >= 11 is 0. The molecule has 0 aromatic heterocycles. The van der Waals surface area contributed by atoms with Gasteiger partial charge in [0.05, 0.1) is 5.60 Å². The molecule has 0 aromatic carbocycles. The van der Waals surface area contributed by atoms with Crippen molar-refractivity contribution in [3.8, 4) is 0 Å². The fraction of sp³-hybridized carbons (Fsp3) is 0.909. The highest BCUT2D eigenvalue weighted by Crippen LogP contribution is 2.07. The summed E-state index contributed by atoms with van der Waals surface area (Å²) in [6.07, 6.45) is 0.963. The Morgan fingerprint density at radius 2 is 2.12 bits per heavy atom. The fourth-order valence-corrected chi connectivity index (χ4v) is 1.11. The first-order valence-corrected chi connectivity index (χ1v) is 5.50. The van der Waals surface area contributed by atoms with Gasteiger partial charge in [0, 0.05) is 39.6 Å². The third-order valence-corrected chi connectivity index (χ3v) is 2.30. The quantitative estimate of drug-likeness (QED) is 0.610. The van der Waals surface area contributed by atoms with Crippen LogP contribution < -0.4 is 5.32 Å². The molecule has 0 aliphatic heterocycles. The minimum absolute atomic E-state index is 0.0357. The van der Waals surface area contributed by atoms with E-state index in [0.29, 0.717) is 26.0 Å². The number of rotatable bonds is 8. The second-order valence-electron chi connectivity index (χ2n) is 4.57. The number of amides is 1. The molecular formula is C11H24N2O3.